The van der Waals surface area contributed by atoms with E-state index in [4.69, 9.17) is 11.6 Å². The van der Waals surface area contributed by atoms with Crippen molar-refractivity contribution < 1.29 is 9.59 Å². The van der Waals surface area contributed by atoms with E-state index in [1.54, 1.807) is 29.2 Å². The zero-order chi connectivity index (χ0) is 18.5. The van der Waals surface area contributed by atoms with Crippen LogP contribution in [0.4, 0.5) is 0 Å². The summed E-state index contributed by atoms with van der Waals surface area (Å²) < 4.78 is 1.64. The van der Waals surface area contributed by atoms with Gasteiger partial charge in [-0.2, -0.15) is 5.10 Å². The minimum atomic E-state index is -0.0766. The second-order valence-electron chi connectivity index (χ2n) is 6.46. The van der Waals surface area contributed by atoms with E-state index in [0.29, 0.717) is 30.1 Å². The maximum atomic E-state index is 13.0. The Morgan fingerprint density at radius 3 is 2.96 bits per heavy atom. The molecule has 1 aromatic carbocycles. The van der Waals surface area contributed by atoms with Gasteiger partial charge >= 0.3 is 0 Å². The molecule has 1 fully saturated rings. The quantitative estimate of drug-likeness (QED) is 0.874. The number of likely N-dealkylation sites (tertiary alicyclic amines) is 1. The molecule has 1 unspecified atom stereocenters. The van der Waals surface area contributed by atoms with Gasteiger partial charge in [-0.05, 0) is 44.4 Å². The maximum Gasteiger partial charge on any atom is 0.257 e. The van der Waals surface area contributed by atoms with Gasteiger partial charge in [-0.15, -0.1) is 0 Å². The van der Waals surface area contributed by atoms with Gasteiger partial charge in [0.25, 0.3) is 5.91 Å². The third-order valence-corrected chi connectivity index (χ3v) is 4.82. The molecule has 0 bridgehead atoms. The van der Waals surface area contributed by atoms with Crippen LogP contribution in [0.15, 0.2) is 36.7 Å². The number of aromatic nitrogens is 2. The number of carbonyl (C=O) groups is 2. The SMILES string of the molecule is CCNC(=O)CC1CCCCN1C(=O)c1cnn(-c2cccc(Cl)c2)c1. The van der Waals surface area contributed by atoms with E-state index in [9.17, 15) is 9.59 Å². The molecule has 26 heavy (non-hydrogen) atoms. The summed E-state index contributed by atoms with van der Waals surface area (Å²) in [4.78, 5) is 26.8. The molecule has 1 aliphatic rings. The summed E-state index contributed by atoms with van der Waals surface area (Å²) in [6.07, 6.45) is 6.48. The highest BCUT2D eigenvalue weighted by molar-refractivity contribution is 6.30. The molecule has 1 aliphatic heterocycles. The Balaban J connectivity index is 1.76. The maximum absolute atomic E-state index is 13.0. The van der Waals surface area contributed by atoms with Crippen LogP contribution in [0.3, 0.4) is 0 Å². The molecule has 1 saturated heterocycles. The van der Waals surface area contributed by atoms with Gasteiger partial charge in [-0.1, -0.05) is 17.7 Å². The molecule has 1 aromatic heterocycles. The first-order valence-corrected chi connectivity index (χ1v) is 9.34. The minimum Gasteiger partial charge on any atom is -0.356 e. The average molecular weight is 375 g/mol. The van der Waals surface area contributed by atoms with E-state index in [0.717, 1.165) is 24.9 Å². The Hall–Kier alpha value is -2.34. The molecule has 2 amide bonds. The molecule has 0 spiro atoms. The fourth-order valence-corrected chi connectivity index (χ4v) is 3.51. The van der Waals surface area contributed by atoms with Crippen molar-refractivity contribution >= 4 is 23.4 Å². The highest BCUT2D eigenvalue weighted by atomic mass is 35.5. The molecule has 1 N–H and O–H groups in total. The summed E-state index contributed by atoms with van der Waals surface area (Å²) in [6.45, 7) is 3.17. The first-order chi connectivity index (χ1) is 12.6. The van der Waals surface area contributed by atoms with Crippen molar-refractivity contribution in [2.45, 2.75) is 38.6 Å². The zero-order valence-corrected chi connectivity index (χ0v) is 15.6. The number of carbonyl (C=O) groups excluding carboxylic acids is 2. The number of amides is 2. The molecule has 0 aliphatic carbocycles. The van der Waals surface area contributed by atoms with Gasteiger partial charge in [0, 0.05) is 36.8 Å². The fourth-order valence-electron chi connectivity index (χ4n) is 3.32. The van der Waals surface area contributed by atoms with Crippen LogP contribution in [0.2, 0.25) is 5.02 Å². The lowest BCUT2D eigenvalue weighted by atomic mass is 9.98. The fraction of sp³-hybridized carbons (Fsp3) is 0.421. The number of halogens is 1. The van der Waals surface area contributed by atoms with Gasteiger partial charge < -0.3 is 10.2 Å². The van der Waals surface area contributed by atoms with E-state index < -0.39 is 0 Å². The topological polar surface area (TPSA) is 67.2 Å². The minimum absolute atomic E-state index is 0.00757. The van der Waals surface area contributed by atoms with Crippen LogP contribution >= 0.6 is 11.6 Å². The van der Waals surface area contributed by atoms with E-state index >= 15 is 0 Å². The zero-order valence-electron chi connectivity index (χ0n) is 14.8. The lowest BCUT2D eigenvalue weighted by Crippen LogP contribution is -2.46. The number of hydrogen-bond donors (Lipinski definition) is 1. The van der Waals surface area contributed by atoms with Crippen LogP contribution in [0.5, 0.6) is 0 Å². The van der Waals surface area contributed by atoms with Crippen molar-refractivity contribution in [2.24, 2.45) is 0 Å². The molecule has 0 saturated carbocycles. The summed E-state index contributed by atoms with van der Waals surface area (Å²) >= 11 is 6.02. The Morgan fingerprint density at radius 1 is 1.35 bits per heavy atom. The summed E-state index contributed by atoms with van der Waals surface area (Å²) in [5.41, 5.74) is 1.32. The Kier molecular flexibility index (Phi) is 5.93. The Bertz CT molecular complexity index is 789. The average Bonchev–Trinajstić information content (AvgIpc) is 3.12. The van der Waals surface area contributed by atoms with Crippen LogP contribution in [0, 0.1) is 0 Å². The molecule has 7 heteroatoms. The summed E-state index contributed by atoms with van der Waals surface area (Å²) in [5, 5.41) is 7.72. The smallest absolute Gasteiger partial charge is 0.257 e. The standard InChI is InChI=1S/C19H23ClN4O2/c1-2-21-18(25)11-16-7-3-4-9-23(16)19(26)14-12-22-24(13-14)17-8-5-6-15(20)10-17/h5-6,8,10,12-13,16H,2-4,7,9,11H2,1H3,(H,21,25). The predicted octanol–water partition coefficient (Wildman–Crippen LogP) is 3.05. The third kappa shape index (κ3) is 4.25. The largest absolute Gasteiger partial charge is 0.356 e. The van der Waals surface area contributed by atoms with Gasteiger partial charge in [0.15, 0.2) is 0 Å². The highest BCUT2D eigenvalue weighted by Crippen LogP contribution is 2.22. The monoisotopic (exact) mass is 374 g/mol. The lowest BCUT2D eigenvalue weighted by molar-refractivity contribution is -0.122. The van der Waals surface area contributed by atoms with E-state index in [-0.39, 0.29) is 17.9 Å². The molecule has 2 aromatic rings. The van der Waals surface area contributed by atoms with Crippen molar-refractivity contribution in [1.82, 2.24) is 20.0 Å². The van der Waals surface area contributed by atoms with Gasteiger partial charge in [0.05, 0.1) is 17.4 Å². The van der Waals surface area contributed by atoms with E-state index in [1.165, 1.54) is 0 Å². The Labute approximate surface area is 158 Å². The molecule has 3 rings (SSSR count). The van der Waals surface area contributed by atoms with Crippen molar-refractivity contribution in [3.8, 4) is 5.69 Å². The van der Waals surface area contributed by atoms with Crippen molar-refractivity contribution in [1.29, 1.82) is 0 Å². The normalized spacial score (nSPS) is 17.2. The number of piperidine rings is 1. The van der Waals surface area contributed by atoms with Crippen molar-refractivity contribution in [2.75, 3.05) is 13.1 Å². The molecule has 138 valence electrons. The third-order valence-electron chi connectivity index (χ3n) is 4.59. The van der Waals surface area contributed by atoms with E-state index in [1.807, 2.05) is 24.0 Å². The molecular formula is C19H23ClN4O2. The molecular weight excluding hydrogens is 352 g/mol. The van der Waals surface area contributed by atoms with Gasteiger partial charge in [-0.25, -0.2) is 4.68 Å². The predicted molar refractivity (Wildman–Crippen MR) is 101 cm³/mol. The number of rotatable bonds is 5. The number of benzene rings is 1. The van der Waals surface area contributed by atoms with Crippen molar-refractivity contribution in [3.05, 3.63) is 47.2 Å². The first kappa shape index (κ1) is 18.5. The first-order valence-electron chi connectivity index (χ1n) is 8.96. The van der Waals surface area contributed by atoms with Gasteiger partial charge in [-0.3, -0.25) is 9.59 Å². The summed E-state index contributed by atoms with van der Waals surface area (Å²) in [7, 11) is 0. The van der Waals surface area contributed by atoms with Crippen LogP contribution in [0.25, 0.3) is 5.69 Å². The Morgan fingerprint density at radius 2 is 2.19 bits per heavy atom. The van der Waals surface area contributed by atoms with Crippen LogP contribution in [-0.2, 0) is 4.79 Å². The van der Waals surface area contributed by atoms with Crippen LogP contribution < -0.4 is 5.32 Å². The number of nitrogens with one attached hydrogen (secondary N) is 1. The second-order valence-corrected chi connectivity index (χ2v) is 6.90. The lowest BCUT2D eigenvalue weighted by Gasteiger charge is -2.35. The van der Waals surface area contributed by atoms with Gasteiger partial charge in [0.2, 0.25) is 5.91 Å². The van der Waals surface area contributed by atoms with Crippen LogP contribution in [-0.4, -0.2) is 45.6 Å². The number of hydrogen-bond acceptors (Lipinski definition) is 3. The summed E-state index contributed by atoms with van der Waals surface area (Å²) in [5.74, 6) is -0.0842. The molecule has 2 heterocycles. The molecule has 6 nitrogen and oxygen atoms in total. The van der Waals surface area contributed by atoms with Crippen LogP contribution in [0.1, 0.15) is 43.0 Å². The summed E-state index contributed by atoms with van der Waals surface area (Å²) in [6, 6.07) is 7.25. The molecule has 1 atom stereocenters. The van der Waals surface area contributed by atoms with Gasteiger partial charge in [0.1, 0.15) is 0 Å². The second kappa shape index (κ2) is 8.36. The molecule has 0 radical (unpaired) electrons. The highest BCUT2D eigenvalue weighted by Gasteiger charge is 2.29. The van der Waals surface area contributed by atoms with Crippen molar-refractivity contribution in [3.63, 3.8) is 0 Å². The number of nitrogens with zero attached hydrogens (tertiary/aromatic N) is 3. The van der Waals surface area contributed by atoms with E-state index in [2.05, 4.69) is 10.4 Å².